The van der Waals surface area contributed by atoms with E-state index in [0.717, 1.165) is 17.6 Å². The molecule has 25 heavy (non-hydrogen) atoms. The summed E-state index contributed by atoms with van der Waals surface area (Å²) in [5.41, 5.74) is 1.20. The number of carbonyl (C=O) groups excluding carboxylic acids is 2. The van der Waals surface area contributed by atoms with Gasteiger partial charge in [-0.3, -0.25) is 0 Å². The Labute approximate surface area is 149 Å². The molecule has 0 spiro atoms. The van der Waals surface area contributed by atoms with E-state index >= 15 is 0 Å². The topological polar surface area (TPSA) is 99.6 Å². The molecule has 0 atom stereocenters. The first-order valence-corrected chi connectivity index (χ1v) is 10.3. The Balaban J connectivity index is 1.99. The normalized spacial score (nSPS) is 11.1. The summed E-state index contributed by atoms with van der Waals surface area (Å²) in [6.45, 7) is 1.86. The largest absolute Gasteiger partial charge is 0.461 e. The molecular weight excluding hydrogens is 366 g/mol. The molecule has 7 nitrogen and oxygen atoms in total. The third-order valence-electron chi connectivity index (χ3n) is 2.94. The van der Waals surface area contributed by atoms with Gasteiger partial charge in [-0.2, -0.15) is 0 Å². The fourth-order valence-electron chi connectivity index (χ4n) is 1.97. The van der Waals surface area contributed by atoms with Gasteiger partial charge in [-0.15, -0.1) is 11.3 Å². The van der Waals surface area contributed by atoms with Crippen LogP contribution in [0, 0.1) is 0 Å². The van der Waals surface area contributed by atoms with Crippen LogP contribution < -0.4 is 0 Å². The number of aromatic nitrogens is 1. The first-order valence-electron chi connectivity index (χ1n) is 7.34. The van der Waals surface area contributed by atoms with Crippen molar-refractivity contribution in [2.45, 2.75) is 19.3 Å². The molecule has 0 radical (unpaired) electrons. The molecule has 0 aliphatic rings. The summed E-state index contributed by atoms with van der Waals surface area (Å²) < 4.78 is 32.7. The van der Waals surface area contributed by atoms with E-state index in [0.29, 0.717) is 11.3 Å². The Bertz CT molecular complexity index is 872. The first kappa shape index (κ1) is 19.1. The van der Waals surface area contributed by atoms with E-state index < -0.39 is 21.8 Å². The summed E-state index contributed by atoms with van der Waals surface area (Å²) in [5, 5.41) is 1.81. The zero-order chi connectivity index (χ0) is 18.4. The van der Waals surface area contributed by atoms with Gasteiger partial charge in [0.1, 0.15) is 6.61 Å². The van der Waals surface area contributed by atoms with Crippen LogP contribution in [0.1, 0.15) is 38.3 Å². The second-order valence-corrected chi connectivity index (χ2v) is 8.21. The number of esters is 2. The highest BCUT2D eigenvalue weighted by molar-refractivity contribution is 7.89. The van der Waals surface area contributed by atoms with Crippen LogP contribution in [0.25, 0.3) is 0 Å². The Hall–Kier alpha value is -2.26. The molecule has 1 heterocycles. The zero-order valence-electron chi connectivity index (χ0n) is 13.7. The molecule has 0 bridgehead atoms. The van der Waals surface area contributed by atoms with Crippen LogP contribution in [0.3, 0.4) is 0 Å². The summed E-state index contributed by atoms with van der Waals surface area (Å²) in [6, 6.07) is 6.25. The van der Waals surface area contributed by atoms with Gasteiger partial charge < -0.3 is 9.47 Å². The average molecular weight is 383 g/mol. The number of ether oxygens (including phenoxy) is 2. The molecule has 0 saturated carbocycles. The monoisotopic (exact) mass is 383 g/mol. The standard InChI is InChI=1S/C16H17NO6S2/c1-3-22-16(19)14-17-13(9-24-14)8-23-15(18)12-6-4-5-11(7-12)10-25(2,20)21/h4-7,9H,3,8,10H2,1-2H3. The van der Waals surface area contributed by atoms with Crippen molar-refractivity contribution in [2.24, 2.45) is 0 Å². The van der Waals surface area contributed by atoms with Crippen LogP contribution in [0.2, 0.25) is 0 Å². The third kappa shape index (κ3) is 5.95. The van der Waals surface area contributed by atoms with Crippen LogP contribution in [0.4, 0.5) is 0 Å². The van der Waals surface area contributed by atoms with E-state index in [4.69, 9.17) is 9.47 Å². The number of carbonyl (C=O) groups is 2. The van der Waals surface area contributed by atoms with Crippen molar-refractivity contribution in [3.05, 3.63) is 51.5 Å². The maximum atomic E-state index is 12.1. The number of nitrogens with zero attached hydrogens (tertiary/aromatic N) is 1. The van der Waals surface area contributed by atoms with E-state index in [2.05, 4.69) is 4.98 Å². The zero-order valence-corrected chi connectivity index (χ0v) is 15.4. The second-order valence-electron chi connectivity index (χ2n) is 5.21. The Morgan fingerprint density at radius 2 is 1.96 bits per heavy atom. The lowest BCUT2D eigenvalue weighted by atomic mass is 10.1. The molecule has 134 valence electrons. The van der Waals surface area contributed by atoms with E-state index in [-0.39, 0.29) is 29.5 Å². The van der Waals surface area contributed by atoms with Gasteiger partial charge >= 0.3 is 11.9 Å². The second kappa shape index (κ2) is 8.21. The van der Waals surface area contributed by atoms with Crippen molar-refractivity contribution in [3.63, 3.8) is 0 Å². The van der Waals surface area contributed by atoms with E-state index in [1.807, 2.05) is 0 Å². The quantitative estimate of drug-likeness (QED) is 0.676. The molecule has 9 heteroatoms. The number of hydrogen-bond acceptors (Lipinski definition) is 8. The van der Waals surface area contributed by atoms with Gasteiger partial charge in [0, 0.05) is 11.6 Å². The van der Waals surface area contributed by atoms with Gasteiger partial charge in [-0.25, -0.2) is 23.0 Å². The number of rotatable bonds is 7. The molecule has 2 rings (SSSR count). The van der Waals surface area contributed by atoms with Crippen molar-refractivity contribution in [1.82, 2.24) is 4.98 Å². The summed E-state index contributed by atoms with van der Waals surface area (Å²) in [6.07, 6.45) is 1.13. The highest BCUT2D eigenvalue weighted by Gasteiger charge is 2.14. The molecule has 1 aromatic carbocycles. The molecule has 0 aliphatic carbocycles. The minimum atomic E-state index is -3.19. The van der Waals surface area contributed by atoms with Gasteiger partial charge in [0.15, 0.2) is 9.84 Å². The molecule has 0 aliphatic heterocycles. The highest BCUT2D eigenvalue weighted by Crippen LogP contribution is 2.14. The fraction of sp³-hybridized carbons (Fsp3) is 0.312. The van der Waals surface area contributed by atoms with Gasteiger partial charge in [0.2, 0.25) is 5.01 Å². The highest BCUT2D eigenvalue weighted by atomic mass is 32.2. The molecule has 0 saturated heterocycles. The van der Waals surface area contributed by atoms with Crippen molar-refractivity contribution >= 4 is 33.1 Å². The van der Waals surface area contributed by atoms with Gasteiger partial charge in [0.25, 0.3) is 0 Å². The van der Waals surface area contributed by atoms with Crippen molar-refractivity contribution in [3.8, 4) is 0 Å². The molecule has 0 unspecified atom stereocenters. The lowest BCUT2D eigenvalue weighted by Gasteiger charge is -2.05. The van der Waals surface area contributed by atoms with Crippen LogP contribution in [0.5, 0.6) is 0 Å². The lowest BCUT2D eigenvalue weighted by Crippen LogP contribution is -2.08. The summed E-state index contributed by atoms with van der Waals surface area (Å²) in [7, 11) is -3.19. The Morgan fingerprint density at radius 3 is 2.64 bits per heavy atom. The summed E-state index contributed by atoms with van der Waals surface area (Å²) in [4.78, 5) is 27.7. The van der Waals surface area contributed by atoms with Crippen LogP contribution >= 0.6 is 11.3 Å². The van der Waals surface area contributed by atoms with E-state index in [1.165, 1.54) is 6.07 Å². The molecule has 0 fully saturated rings. The molecule has 2 aromatic rings. The lowest BCUT2D eigenvalue weighted by molar-refractivity contribution is 0.0468. The van der Waals surface area contributed by atoms with Crippen molar-refractivity contribution in [1.29, 1.82) is 0 Å². The minimum Gasteiger partial charge on any atom is -0.461 e. The smallest absolute Gasteiger partial charge is 0.367 e. The molecular formula is C16H17NO6S2. The maximum absolute atomic E-state index is 12.1. The first-order chi connectivity index (χ1) is 11.8. The summed E-state index contributed by atoms with van der Waals surface area (Å²) in [5.74, 6) is -1.26. The van der Waals surface area contributed by atoms with Crippen LogP contribution in [-0.2, 0) is 31.7 Å². The van der Waals surface area contributed by atoms with E-state index in [1.54, 1.807) is 30.5 Å². The van der Waals surface area contributed by atoms with Gasteiger partial charge in [-0.1, -0.05) is 12.1 Å². The molecule has 1 aromatic heterocycles. The van der Waals surface area contributed by atoms with Crippen LogP contribution in [-0.4, -0.2) is 38.2 Å². The summed E-state index contributed by atoms with van der Waals surface area (Å²) >= 11 is 1.11. The SMILES string of the molecule is CCOC(=O)c1nc(COC(=O)c2cccc(CS(C)(=O)=O)c2)cs1. The minimum absolute atomic E-state index is 0.0922. The van der Waals surface area contributed by atoms with E-state index in [9.17, 15) is 18.0 Å². The van der Waals surface area contributed by atoms with Crippen molar-refractivity contribution in [2.75, 3.05) is 12.9 Å². The third-order valence-corrected chi connectivity index (χ3v) is 4.67. The Morgan fingerprint density at radius 1 is 1.20 bits per heavy atom. The average Bonchev–Trinajstić information content (AvgIpc) is 3.00. The molecule has 0 N–H and O–H groups in total. The molecule has 0 amide bonds. The van der Waals surface area contributed by atoms with Gasteiger partial charge in [0.05, 0.1) is 23.6 Å². The number of sulfone groups is 1. The Kier molecular flexibility index (Phi) is 6.27. The predicted molar refractivity (Wildman–Crippen MR) is 92.2 cm³/mol. The fourth-order valence-corrected chi connectivity index (χ4v) is 3.45. The van der Waals surface area contributed by atoms with Gasteiger partial charge in [-0.05, 0) is 24.6 Å². The maximum Gasteiger partial charge on any atom is 0.367 e. The number of benzene rings is 1. The van der Waals surface area contributed by atoms with Crippen LogP contribution in [0.15, 0.2) is 29.6 Å². The number of thiazole rings is 1. The van der Waals surface area contributed by atoms with Crippen molar-refractivity contribution < 1.29 is 27.5 Å². The number of hydrogen-bond donors (Lipinski definition) is 0. The predicted octanol–water partition coefficient (Wildman–Crippen LogP) is 2.22.